The van der Waals surface area contributed by atoms with Crippen LogP contribution in [0.2, 0.25) is 0 Å². The van der Waals surface area contributed by atoms with Gasteiger partial charge >= 0.3 is 0 Å². The summed E-state index contributed by atoms with van der Waals surface area (Å²) < 4.78 is 0. The molecule has 0 rings (SSSR count). The van der Waals surface area contributed by atoms with Gasteiger partial charge in [-0.25, -0.2) is 0 Å². The third-order valence-electron chi connectivity index (χ3n) is 1.73. The summed E-state index contributed by atoms with van der Waals surface area (Å²) in [6.45, 7) is 4.40. The highest BCUT2D eigenvalue weighted by Crippen LogP contribution is 1.92. The molecule has 0 fully saturated rings. The Morgan fingerprint density at radius 3 is 2.75 bits per heavy atom. The fourth-order valence-corrected chi connectivity index (χ4v) is 0.959. The molecule has 0 heterocycles. The molecule has 3 N–H and O–H groups in total. The zero-order valence-electron chi connectivity index (χ0n) is 7.53. The van der Waals surface area contributed by atoms with Gasteiger partial charge < -0.3 is 10.8 Å². The molecule has 0 saturated carbocycles. The van der Waals surface area contributed by atoms with E-state index < -0.39 is 6.10 Å². The lowest BCUT2D eigenvalue weighted by atomic mass is 10.3. The fourth-order valence-electron chi connectivity index (χ4n) is 0.959. The molecule has 1 unspecified atom stereocenters. The minimum absolute atomic E-state index is 0.281. The number of aliphatic hydroxyl groups excluding tert-OH is 1. The molecule has 70 valence electrons. The number of nitriles is 1. The minimum atomic E-state index is -0.469. The van der Waals surface area contributed by atoms with Crippen molar-refractivity contribution in [3.05, 3.63) is 0 Å². The van der Waals surface area contributed by atoms with Gasteiger partial charge in [-0.3, -0.25) is 4.90 Å². The zero-order valence-corrected chi connectivity index (χ0v) is 7.53. The lowest BCUT2D eigenvalue weighted by molar-refractivity contribution is 0.123. The molecular formula is C8H17N3O. The highest BCUT2D eigenvalue weighted by Gasteiger charge is 2.07. The summed E-state index contributed by atoms with van der Waals surface area (Å²) in [6, 6.07) is 2.07. The van der Waals surface area contributed by atoms with E-state index in [1.165, 1.54) is 0 Å². The summed E-state index contributed by atoms with van der Waals surface area (Å²) in [7, 11) is 0. The molecule has 0 aromatic heterocycles. The Hall–Kier alpha value is -0.630. The van der Waals surface area contributed by atoms with Gasteiger partial charge in [0.05, 0.1) is 12.2 Å². The first-order chi connectivity index (χ1) is 5.74. The Labute approximate surface area is 73.6 Å². The molecule has 4 heteroatoms. The number of hydrogen-bond donors (Lipinski definition) is 2. The lowest BCUT2D eigenvalue weighted by Gasteiger charge is -2.21. The van der Waals surface area contributed by atoms with E-state index in [1.54, 1.807) is 0 Å². The van der Waals surface area contributed by atoms with E-state index in [9.17, 15) is 5.11 Å². The summed E-state index contributed by atoms with van der Waals surface area (Å²) in [6.07, 6.45) is 0.0362. The second-order valence-corrected chi connectivity index (χ2v) is 2.69. The fraction of sp³-hybridized carbons (Fsp3) is 0.875. The molecule has 0 radical (unpaired) electrons. The third kappa shape index (κ3) is 5.08. The molecule has 12 heavy (non-hydrogen) atoms. The number of nitrogens with two attached hydrogens (primary N) is 1. The van der Waals surface area contributed by atoms with Crippen LogP contribution in [0.3, 0.4) is 0 Å². The van der Waals surface area contributed by atoms with Gasteiger partial charge in [-0.2, -0.15) is 5.26 Å². The molecule has 1 atom stereocenters. The summed E-state index contributed by atoms with van der Waals surface area (Å²) in [4.78, 5) is 2.01. The van der Waals surface area contributed by atoms with Crippen LogP contribution in [0.5, 0.6) is 0 Å². The van der Waals surface area contributed by atoms with Gasteiger partial charge in [-0.1, -0.05) is 6.92 Å². The maximum atomic E-state index is 9.21. The SMILES string of the molecule is CCN(CCC#N)CC(O)CN. The van der Waals surface area contributed by atoms with E-state index in [1.807, 2.05) is 11.8 Å². The van der Waals surface area contributed by atoms with Crippen LogP contribution < -0.4 is 5.73 Å². The molecule has 0 aliphatic heterocycles. The highest BCUT2D eigenvalue weighted by atomic mass is 16.3. The van der Waals surface area contributed by atoms with Crippen molar-refractivity contribution in [1.82, 2.24) is 4.90 Å². The van der Waals surface area contributed by atoms with E-state index in [2.05, 4.69) is 6.07 Å². The van der Waals surface area contributed by atoms with Crippen LogP contribution in [0.25, 0.3) is 0 Å². The van der Waals surface area contributed by atoms with Gasteiger partial charge in [0.15, 0.2) is 0 Å². The molecule has 0 aromatic rings. The molecule has 0 aliphatic rings. The average molecular weight is 171 g/mol. The number of nitrogens with zero attached hydrogens (tertiary/aromatic N) is 2. The molecule has 0 aliphatic carbocycles. The smallest absolute Gasteiger partial charge is 0.0789 e. The topological polar surface area (TPSA) is 73.3 Å². The molecule has 0 aromatic carbocycles. The number of likely N-dealkylation sites (N-methyl/N-ethyl adjacent to an activating group) is 1. The Morgan fingerprint density at radius 1 is 1.67 bits per heavy atom. The van der Waals surface area contributed by atoms with Gasteiger partial charge in [-0.15, -0.1) is 0 Å². The first kappa shape index (κ1) is 11.4. The Balaban J connectivity index is 3.60. The largest absolute Gasteiger partial charge is 0.390 e. The quantitative estimate of drug-likeness (QED) is 0.567. The van der Waals surface area contributed by atoms with E-state index in [-0.39, 0.29) is 6.54 Å². The Kier molecular flexibility index (Phi) is 6.67. The molecule has 4 nitrogen and oxygen atoms in total. The third-order valence-corrected chi connectivity index (χ3v) is 1.73. The summed E-state index contributed by atoms with van der Waals surface area (Å²) in [5.41, 5.74) is 5.26. The minimum Gasteiger partial charge on any atom is -0.390 e. The van der Waals surface area contributed by atoms with Crippen molar-refractivity contribution in [3.8, 4) is 6.07 Å². The first-order valence-electron chi connectivity index (χ1n) is 4.22. The molecule has 0 saturated heterocycles. The molecular weight excluding hydrogens is 154 g/mol. The second kappa shape index (κ2) is 7.04. The predicted molar refractivity (Wildman–Crippen MR) is 47.4 cm³/mol. The van der Waals surface area contributed by atoms with Crippen LogP contribution in [0.15, 0.2) is 0 Å². The molecule has 0 bridgehead atoms. The van der Waals surface area contributed by atoms with Crippen LogP contribution in [-0.2, 0) is 0 Å². The molecule has 0 amide bonds. The summed E-state index contributed by atoms with van der Waals surface area (Å²) in [5, 5.41) is 17.5. The van der Waals surface area contributed by atoms with Crippen molar-refractivity contribution in [2.45, 2.75) is 19.4 Å². The van der Waals surface area contributed by atoms with Crippen molar-refractivity contribution in [3.63, 3.8) is 0 Å². The average Bonchev–Trinajstić information content (AvgIpc) is 2.11. The van der Waals surface area contributed by atoms with Crippen LogP contribution >= 0.6 is 0 Å². The number of aliphatic hydroxyl groups is 1. The van der Waals surface area contributed by atoms with Gasteiger partial charge in [0.25, 0.3) is 0 Å². The standard InChI is InChI=1S/C8H17N3O/c1-2-11(5-3-4-9)7-8(12)6-10/h8,12H,2-3,5-7,10H2,1H3. The van der Waals surface area contributed by atoms with Gasteiger partial charge in [0, 0.05) is 26.1 Å². The van der Waals surface area contributed by atoms with Crippen molar-refractivity contribution in [2.75, 3.05) is 26.2 Å². The van der Waals surface area contributed by atoms with Crippen molar-refractivity contribution in [2.24, 2.45) is 5.73 Å². The van der Waals surface area contributed by atoms with Crippen LogP contribution in [0.1, 0.15) is 13.3 Å². The van der Waals surface area contributed by atoms with Crippen molar-refractivity contribution < 1.29 is 5.11 Å². The van der Waals surface area contributed by atoms with Crippen molar-refractivity contribution in [1.29, 1.82) is 5.26 Å². The predicted octanol–water partition coefficient (Wildman–Crippen LogP) is -0.458. The van der Waals surface area contributed by atoms with Gasteiger partial charge in [0.2, 0.25) is 0 Å². The van der Waals surface area contributed by atoms with E-state index in [0.717, 1.165) is 6.54 Å². The van der Waals surface area contributed by atoms with Gasteiger partial charge in [0.1, 0.15) is 0 Å². The summed E-state index contributed by atoms with van der Waals surface area (Å²) >= 11 is 0. The highest BCUT2D eigenvalue weighted by molar-refractivity contribution is 4.73. The maximum absolute atomic E-state index is 9.21. The van der Waals surface area contributed by atoms with Crippen LogP contribution in [-0.4, -0.2) is 42.3 Å². The van der Waals surface area contributed by atoms with E-state index in [4.69, 9.17) is 11.0 Å². The first-order valence-corrected chi connectivity index (χ1v) is 4.22. The van der Waals surface area contributed by atoms with E-state index >= 15 is 0 Å². The number of hydrogen-bond acceptors (Lipinski definition) is 4. The maximum Gasteiger partial charge on any atom is 0.0789 e. The van der Waals surface area contributed by atoms with Gasteiger partial charge in [-0.05, 0) is 6.54 Å². The van der Waals surface area contributed by atoms with Crippen molar-refractivity contribution >= 4 is 0 Å². The Morgan fingerprint density at radius 2 is 2.33 bits per heavy atom. The molecule has 0 spiro atoms. The normalized spacial score (nSPS) is 12.9. The van der Waals surface area contributed by atoms with Crippen LogP contribution in [0, 0.1) is 11.3 Å². The second-order valence-electron chi connectivity index (χ2n) is 2.69. The summed E-state index contributed by atoms with van der Waals surface area (Å²) in [5.74, 6) is 0. The van der Waals surface area contributed by atoms with E-state index in [0.29, 0.717) is 19.5 Å². The van der Waals surface area contributed by atoms with Crippen LogP contribution in [0.4, 0.5) is 0 Å². The number of rotatable bonds is 6. The monoisotopic (exact) mass is 171 g/mol. The zero-order chi connectivity index (χ0) is 9.40. The lowest BCUT2D eigenvalue weighted by Crippen LogP contribution is -2.36. The Bertz CT molecular complexity index is 144.